The highest BCUT2D eigenvalue weighted by molar-refractivity contribution is 7.93. The smallest absolute Gasteiger partial charge is 0.242 e. The van der Waals surface area contributed by atoms with Crippen molar-refractivity contribution in [2.24, 2.45) is 0 Å². The molecule has 0 aliphatic carbocycles. The largest absolute Gasteiger partial charge is 0.372 e. The highest BCUT2D eigenvalue weighted by Gasteiger charge is 2.23. The number of sulfonamides is 1. The average molecular weight is 446 g/mol. The summed E-state index contributed by atoms with van der Waals surface area (Å²) in [4.78, 5) is -0.471. The molecule has 158 valence electrons. The van der Waals surface area contributed by atoms with Gasteiger partial charge in [0.15, 0.2) is 9.84 Å². The van der Waals surface area contributed by atoms with Crippen molar-refractivity contribution in [3.8, 4) is 0 Å². The molecule has 0 saturated carbocycles. The maximum absolute atomic E-state index is 12.6. The van der Waals surface area contributed by atoms with E-state index >= 15 is 0 Å². The number of hydrogen-bond donors (Lipinski definition) is 1. The van der Waals surface area contributed by atoms with Crippen LogP contribution < -0.4 is 4.72 Å². The number of nitrogens with one attached hydrogen (secondary N) is 1. The summed E-state index contributed by atoms with van der Waals surface area (Å²) in [6.07, 6.45) is 0.986. The van der Waals surface area contributed by atoms with Crippen LogP contribution in [0.3, 0.4) is 0 Å². The van der Waals surface area contributed by atoms with Crippen molar-refractivity contribution in [3.05, 3.63) is 95.6 Å². The Bertz CT molecular complexity index is 1190. The highest BCUT2D eigenvalue weighted by Crippen LogP contribution is 2.20. The molecule has 3 aromatic carbocycles. The van der Waals surface area contributed by atoms with Crippen molar-refractivity contribution in [2.75, 3.05) is 6.26 Å². The van der Waals surface area contributed by atoms with Gasteiger partial charge in [-0.25, -0.2) is 21.6 Å². The van der Waals surface area contributed by atoms with Crippen molar-refractivity contribution < 1.29 is 21.6 Å². The van der Waals surface area contributed by atoms with E-state index in [1.807, 2.05) is 54.6 Å². The zero-order chi connectivity index (χ0) is 21.6. The number of benzene rings is 3. The van der Waals surface area contributed by atoms with Gasteiger partial charge in [0.25, 0.3) is 0 Å². The van der Waals surface area contributed by atoms with Crippen molar-refractivity contribution >= 4 is 19.9 Å². The second-order valence-electron chi connectivity index (χ2n) is 6.84. The average Bonchev–Trinajstić information content (AvgIpc) is 2.73. The molecule has 8 heteroatoms. The van der Waals surface area contributed by atoms with Crippen LogP contribution in [0.25, 0.3) is 0 Å². The number of rotatable bonds is 9. The maximum atomic E-state index is 12.6. The molecule has 0 saturated heterocycles. The summed E-state index contributed by atoms with van der Waals surface area (Å²) in [5.74, 6) is 0. The molecule has 0 amide bonds. The van der Waals surface area contributed by atoms with E-state index < -0.39 is 19.9 Å². The van der Waals surface area contributed by atoms with E-state index in [2.05, 4.69) is 4.72 Å². The van der Waals surface area contributed by atoms with Crippen molar-refractivity contribution in [1.29, 1.82) is 0 Å². The lowest BCUT2D eigenvalue weighted by Gasteiger charge is -2.11. The third-order valence-corrected chi connectivity index (χ3v) is 7.15. The molecule has 0 spiro atoms. The molecule has 0 aromatic heterocycles. The van der Waals surface area contributed by atoms with E-state index in [4.69, 9.17) is 4.74 Å². The van der Waals surface area contributed by atoms with E-state index in [-0.39, 0.29) is 16.3 Å². The van der Waals surface area contributed by atoms with Crippen LogP contribution in [0.5, 0.6) is 0 Å². The molecular weight excluding hydrogens is 422 g/mol. The summed E-state index contributed by atoms with van der Waals surface area (Å²) < 4.78 is 57.2. The molecule has 3 aromatic rings. The van der Waals surface area contributed by atoms with E-state index in [0.717, 1.165) is 22.9 Å². The monoisotopic (exact) mass is 445 g/mol. The lowest BCUT2D eigenvalue weighted by atomic mass is 10.1. The number of sulfone groups is 1. The van der Waals surface area contributed by atoms with Crippen LogP contribution in [0.2, 0.25) is 0 Å². The standard InChI is InChI=1S/C22H23NO5S2/c1-29(24,25)21-9-5-6-10-22(21)30(26,27)23-15-18-11-13-20(14-12-18)17-28-16-19-7-3-2-4-8-19/h2-14,23H,15-17H2,1H3. The van der Waals surface area contributed by atoms with Gasteiger partial charge in [0, 0.05) is 12.8 Å². The van der Waals surface area contributed by atoms with Crippen molar-refractivity contribution in [2.45, 2.75) is 29.5 Å². The van der Waals surface area contributed by atoms with Crippen LogP contribution in [-0.4, -0.2) is 23.1 Å². The summed E-state index contributed by atoms with van der Waals surface area (Å²) in [7, 11) is -7.65. The van der Waals surface area contributed by atoms with Crippen LogP contribution >= 0.6 is 0 Å². The summed E-state index contributed by atoms with van der Waals surface area (Å²) >= 11 is 0. The molecule has 30 heavy (non-hydrogen) atoms. The predicted octanol–water partition coefficient (Wildman–Crippen LogP) is 3.29. The molecule has 6 nitrogen and oxygen atoms in total. The Morgan fingerprint density at radius 2 is 1.17 bits per heavy atom. The SMILES string of the molecule is CS(=O)(=O)c1ccccc1S(=O)(=O)NCc1ccc(COCc2ccccc2)cc1. The summed E-state index contributed by atoms with van der Waals surface area (Å²) in [6, 6.07) is 22.8. The lowest BCUT2D eigenvalue weighted by molar-refractivity contribution is 0.107. The van der Waals surface area contributed by atoms with Gasteiger partial charge in [-0.2, -0.15) is 0 Å². The Kier molecular flexibility index (Phi) is 7.04. The Balaban J connectivity index is 1.60. The minimum absolute atomic E-state index is 0.0472. The van der Waals surface area contributed by atoms with Gasteiger partial charge in [-0.1, -0.05) is 66.7 Å². The van der Waals surface area contributed by atoms with Crippen molar-refractivity contribution in [3.63, 3.8) is 0 Å². The van der Waals surface area contributed by atoms with Gasteiger partial charge in [-0.05, 0) is 28.8 Å². The highest BCUT2D eigenvalue weighted by atomic mass is 32.2. The maximum Gasteiger partial charge on any atom is 0.242 e. The minimum Gasteiger partial charge on any atom is -0.372 e. The van der Waals surface area contributed by atoms with E-state index in [1.165, 1.54) is 24.3 Å². The number of hydrogen-bond acceptors (Lipinski definition) is 5. The first-order valence-corrected chi connectivity index (χ1v) is 12.6. The first-order chi connectivity index (χ1) is 14.3. The predicted molar refractivity (Wildman–Crippen MR) is 115 cm³/mol. The van der Waals surface area contributed by atoms with Gasteiger partial charge in [0.1, 0.15) is 4.90 Å². The Hall–Kier alpha value is -2.52. The zero-order valence-corrected chi connectivity index (χ0v) is 18.1. The van der Waals surface area contributed by atoms with Crippen molar-refractivity contribution in [1.82, 2.24) is 4.72 Å². The Morgan fingerprint density at radius 1 is 0.667 bits per heavy atom. The first kappa shape index (κ1) is 22.2. The molecule has 0 atom stereocenters. The van der Waals surface area contributed by atoms with Gasteiger partial charge in [-0.3, -0.25) is 0 Å². The van der Waals surface area contributed by atoms with E-state index in [9.17, 15) is 16.8 Å². The summed E-state index contributed by atoms with van der Waals surface area (Å²) in [5.41, 5.74) is 2.82. The molecule has 0 heterocycles. The second-order valence-corrected chi connectivity index (χ2v) is 10.6. The van der Waals surface area contributed by atoms with Crippen LogP contribution in [0, 0.1) is 0 Å². The lowest BCUT2D eigenvalue weighted by Crippen LogP contribution is -2.25. The fraction of sp³-hybridized carbons (Fsp3) is 0.182. The molecule has 0 radical (unpaired) electrons. The molecule has 0 bridgehead atoms. The van der Waals surface area contributed by atoms with Gasteiger partial charge in [0.2, 0.25) is 10.0 Å². The van der Waals surface area contributed by atoms with E-state index in [0.29, 0.717) is 13.2 Å². The minimum atomic E-state index is -3.98. The van der Waals surface area contributed by atoms with Gasteiger partial charge >= 0.3 is 0 Å². The first-order valence-electron chi connectivity index (χ1n) is 9.24. The van der Waals surface area contributed by atoms with E-state index in [1.54, 1.807) is 0 Å². The quantitative estimate of drug-likeness (QED) is 0.546. The zero-order valence-electron chi connectivity index (χ0n) is 16.5. The molecular formula is C22H23NO5S2. The third-order valence-electron chi connectivity index (χ3n) is 4.41. The fourth-order valence-electron chi connectivity index (χ4n) is 2.85. The molecule has 0 aliphatic rings. The summed E-state index contributed by atoms with van der Waals surface area (Å²) in [6.45, 7) is 1.01. The summed E-state index contributed by atoms with van der Waals surface area (Å²) in [5, 5.41) is 0. The van der Waals surface area contributed by atoms with Gasteiger partial charge < -0.3 is 4.74 Å². The van der Waals surface area contributed by atoms with Gasteiger partial charge in [0.05, 0.1) is 18.1 Å². The Morgan fingerprint density at radius 3 is 1.77 bits per heavy atom. The topological polar surface area (TPSA) is 89.5 Å². The van der Waals surface area contributed by atoms with Crippen LogP contribution in [-0.2, 0) is 44.4 Å². The molecule has 1 N–H and O–H groups in total. The molecule has 0 unspecified atom stereocenters. The molecule has 0 fully saturated rings. The van der Waals surface area contributed by atoms with Crippen LogP contribution in [0.4, 0.5) is 0 Å². The van der Waals surface area contributed by atoms with Gasteiger partial charge in [-0.15, -0.1) is 0 Å². The fourth-order valence-corrected chi connectivity index (χ4v) is 5.49. The third kappa shape index (κ3) is 5.99. The molecule has 0 aliphatic heterocycles. The Labute approximate surface area is 177 Å². The normalized spacial score (nSPS) is 12.0. The number of ether oxygens (including phenoxy) is 1. The second kappa shape index (κ2) is 9.53. The van der Waals surface area contributed by atoms with Crippen LogP contribution in [0.15, 0.2) is 88.7 Å². The van der Waals surface area contributed by atoms with Crippen LogP contribution in [0.1, 0.15) is 16.7 Å². The molecule has 3 rings (SSSR count).